The van der Waals surface area contributed by atoms with E-state index in [1.807, 2.05) is 0 Å². The lowest BCUT2D eigenvalue weighted by Gasteiger charge is -2.42. The Kier molecular flexibility index (Phi) is 8.51. The Morgan fingerprint density at radius 1 is 0.552 bits per heavy atom. The van der Waals surface area contributed by atoms with Gasteiger partial charge in [0.05, 0.1) is 0 Å². The third-order valence-electron chi connectivity index (χ3n) is 5.47. The van der Waals surface area contributed by atoms with Gasteiger partial charge in [-0.25, -0.2) is 0 Å². The van der Waals surface area contributed by atoms with Gasteiger partial charge in [0.1, 0.15) is 0 Å². The third kappa shape index (κ3) is 8.15. The minimum Gasteiger partial charge on any atom is -0.378 e. The average molecular weight is 438 g/mol. The number of hydrogen-bond donors (Lipinski definition) is 0. The summed E-state index contributed by atoms with van der Waals surface area (Å²) in [7, 11) is 4.07. The largest absolute Gasteiger partial charge is 0.378 e. The Bertz CT molecular complexity index is 584. The molecule has 0 aliphatic carbocycles. The van der Waals surface area contributed by atoms with Crippen molar-refractivity contribution in [3.8, 4) is 0 Å². The summed E-state index contributed by atoms with van der Waals surface area (Å²) in [5.41, 5.74) is 4.41. The molecule has 0 heterocycles. The summed E-state index contributed by atoms with van der Waals surface area (Å²) in [5.74, 6) is 0. The Morgan fingerprint density at radius 3 is 1.03 bits per heavy atom. The van der Waals surface area contributed by atoms with Gasteiger partial charge in [0.25, 0.3) is 0 Å². The van der Waals surface area contributed by atoms with Crippen molar-refractivity contribution in [3.63, 3.8) is 0 Å². The molecule has 1 aromatic rings. The third-order valence-corrected chi connectivity index (χ3v) is 13.3. The van der Waals surface area contributed by atoms with Gasteiger partial charge >= 0.3 is 0 Å². The summed E-state index contributed by atoms with van der Waals surface area (Å²) in [5, 5.41) is 1.41. The molecule has 1 rings (SSSR count). The number of anilines is 1. The molecule has 0 aromatic heterocycles. The molecule has 1 aromatic carbocycles. The van der Waals surface area contributed by atoms with Crippen LogP contribution in [0, 0.1) is 0 Å². The second kappa shape index (κ2) is 9.17. The second-order valence-corrected chi connectivity index (χ2v) is 20.5. The highest BCUT2D eigenvalue weighted by Crippen LogP contribution is 2.63. The molecule has 0 bridgehead atoms. The molecule has 29 heavy (non-hydrogen) atoms. The number of benzene rings is 1. The molecule has 1 nitrogen and oxygen atoms in total. The van der Waals surface area contributed by atoms with E-state index < -0.39 is 0 Å². The number of nitrogens with zero attached hydrogens (tertiary/aromatic N) is 1. The molecule has 3 heteroatoms. The van der Waals surface area contributed by atoms with Crippen LogP contribution < -0.4 is 4.90 Å². The highest BCUT2D eigenvalue weighted by atomic mass is 31.1. The van der Waals surface area contributed by atoms with E-state index in [0.717, 1.165) is 0 Å². The summed E-state index contributed by atoms with van der Waals surface area (Å²) >= 11 is 0. The highest BCUT2D eigenvalue weighted by molar-refractivity contribution is 7.60. The standard InChI is InChI=1S/C26H49NP2/c1-23(2,3)28(24(4,5)6)18-20-15-21(17-22(16-20)27(13)14)19-29(25(7,8)9)26(10,11)12/h15-17H,18-19H2,1-14H3. The molecule has 0 aliphatic heterocycles. The van der Waals surface area contributed by atoms with E-state index in [4.69, 9.17) is 0 Å². The predicted molar refractivity (Wildman–Crippen MR) is 141 cm³/mol. The van der Waals surface area contributed by atoms with E-state index in [0.29, 0.717) is 20.6 Å². The van der Waals surface area contributed by atoms with E-state index in [1.165, 1.54) is 29.1 Å². The maximum absolute atomic E-state index is 2.53. The quantitative estimate of drug-likeness (QED) is 0.416. The Balaban J connectivity index is 3.41. The lowest BCUT2D eigenvalue weighted by molar-refractivity contribution is 0.702. The van der Waals surface area contributed by atoms with Gasteiger partial charge in [-0.3, -0.25) is 0 Å². The SMILES string of the molecule is CN(C)c1cc(CP(C(C)(C)C)C(C)(C)C)cc(CP(C(C)(C)C)C(C)(C)C)c1. The van der Waals surface area contributed by atoms with Crippen molar-refractivity contribution in [2.75, 3.05) is 19.0 Å². The summed E-state index contributed by atoms with van der Waals surface area (Å²) in [6.45, 7) is 29.2. The van der Waals surface area contributed by atoms with Crippen molar-refractivity contribution in [1.29, 1.82) is 0 Å². The molecule has 0 amide bonds. The van der Waals surface area contributed by atoms with E-state index in [9.17, 15) is 0 Å². The normalized spacial score (nSPS) is 14.1. The van der Waals surface area contributed by atoms with Crippen LogP contribution in [-0.4, -0.2) is 34.7 Å². The fourth-order valence-electron chi connectivity index (χ4n) is 4.51. The van der Waals surface area contributed by atoms with Crippen LogP contribution in [0.1, 0.15) is 94.2 Å². The van der Waals surface area contributed by atoms with Crippen molar-refractivity contribution in [3.05, 3.63) is 29.3 Å². The molecule has 0 radical (unpaired) electrons. The highest BCUT2D eigenvalue weighted by Gasteiger charge is 2.36. The van der Waals surface area contributed by atoms with Crippen molar-refractivity contribution in [2.24, 2.45) is 0 Å². The zero-order valence-electron chi connectivity index (χ0n) is 22.0. The van der Waals surface area contributed by atoms with E-state index in [2.05, 4.69) is 120 Å². The lowest BCUT2D eigenvalue weighted by Crippen LogP contribution is -2.26. The Morgan fingerprint density at radius 2 is 0.828 bits per heavy atom. The van der Waals surface area contributed by atoms with Gasteiger partial charge in [0, 0.05) is 19.8 Å². The zero-order valence-corrected chi connectivity index (χ0v) is 23.8. The van der Waals surface area contributed by atoms with E-state index in [1.54, 1.807) is 0 Å². The topological polar surface area (TPSA) is 3.24 Å². The van der Waals surface area contributed by atoms with Crippen molar-refractivity contribution >= 4 is 21.5 Å². The monoisotopic (exact) mass is 437 g/mol. The van der Waals surface area contributed by atoms with Crippen LogP contribution in [0.15, 0.2) is 18.2 Å². The molecule has 168 valence electrons. The summed E-state index contributed by atoms with van der Waals surface area (Å²) < 4.78 is 0. The van der Waals surface area contributed by atoms with Crippen LogP contribution in [0.4, 0.5) is 5.69 Å². The molecule has 0 saturated carbocycles. The lowest BCUT2D eigenvalue weighted by atomic mass is 10.1. The predicted octanol–water partition coefficient (Wildman–Crippen LogP) is 8.91. The minimum absolute atomic E-state index is 0.142. The van der Waals surface area contributed by atoms with Crippen molar-refractivity contribution < 1.29 is 0 Å². The van der Waals surface area contributed by atoms with Crippen LogP contribution in [0.5, 0.6) is 0 Å². The summed E-state index contributed by atoms with van der Waals surface area (Å²) in [6.07, 6.45) is 2.42. The van der Waals surface area contributed by atoms with Gasteiger partial charge in [0.2, 0.25) is 0 Å². The van der Waals surface area contributed by atoms with Crippen LogP contribution in [0.3, 0.4) is 0 Å². The number of hydrogen-bond acceptors (Lipinski definition) is 1. The molecule has 0 aliphatic rings. The van der Waals surface area contributed by atoms with Crippen molar-refractivity contribution in [1.82, 2.24) is 0 Å². The zero-order chi connectivity index (χ0) is 23.0. The fraction of sp³-hybridized carbons (Fsp3) is 0.769. The van der Waals surface area contributed by atoms with Gasteiger partial charge in [-0.1, -0.05) is 105 Å². The van der Waals surface area contributed by atoms with Gasteiger partial charge in [-0.2, -0.15) is 0 Å². The van der Waals surface area contributed by atoms with E-state index in [-0.39, 0.29) is 15.8 Å². The van der Waals surface area contributed by atoms with Crippen LogP contribution >= 0.6 is 15.8 Å². The summed E-state index contributed by atoms with van der Waals surface area (Å²) in [6, 6.07) is 7.41. The second-order valence-electron chi connectivity index (χ2n) is 12.8. The first kappa shape index (κ1) is 26.9. The maximum Gasteiger partial charge on any atom is 0.0366 e. The first-order valence-electron chi connectivity index (χ1n) is 11.1. The molecular weight excluding hydrogens is 388 g/mol. The van der Waals surface area contributed by atoms with Gasteiger partial charge < -0.3 is 4.90 Å². The molecule has 0 unspecified atom stereocenters. The summed E-state index contributed by atoms with van der Waals surface area (Å²) in [4.78, 5) is 2.28. The van der Waals surface area contributed by atoms with Crippen LogP contribution in [0.2, 0.25) is 0 Å². The molecule has 0 saturated heterocycles. The van der Waals surface area contributed by atoms with Gasteiger partial charge in [0.15, 0.2) is 0 Å². The molecular formula is C26H49NP2. The van der Waals surface area contributed by atoms with Gasteiger partial charge in [-0.05, 0) is 56.2 Å². The minimum atomic E-state index is -0.142. The molecule has 0 atom stereocenters. The van der Waals surface area contributed by atoms with Gasteiger partial charge in [-0.15, -0.1) is 0 Å². The number of rotatable bonds is 5. The van der Waals surface area contributed by atoms with Crippen molar-refractivity contribution in [2.45, 2.75) is 116 Å². The van der Waals surface area contributed by atoms with E-state index >= 15 is 0 Å². The van der Waals surface area contributed by atoms with Crippen LogP contribution in [-0.2, 0) is 12.3 Å². The Hall–Kier alpha value is -0.120. The fourth-order valence-corrected chi connectivity index (χ4v) is 11.5. The first-order valence-corrected chi connectivity index (χ1v) is 14.1. The Labute approximate surface area is 185 Å². The smallest absolute Gasteiger partial charge is 0.0366 e. The molecule has 0 spiro atoms. The average Bonchev–Trinajstić information content (AvgIpc) is 2.45. The van der Waals surface area contributed by atoms with Crippen LogP contribution in [0.25, 0.3) is 0 Å². The molecule has 0 N–H and O–H groups in total. The first-order chi connectivity index (χ1) is 12.7. The maximum atomic E-state index is 2.53. The molecule has 0 fully saturated rings.